The van der Waals surface area contributed by atoms with Gasteiger partial charge in [0.05, 0.1) is 17.7 Å². The van der Waals surface area contributed by atoms with Crippen molar-refractivity contribution in [3.05, 3.63) is 41.6 Å². The number of amides is 2. The molecule has 4 N–H and O–H groups in total. The van der Waals surface area contributed by atoms with Crippen molar-refractivity contribution < 1.29 is 23.8 Å². The highest BCUT2D eigenvalue weighted by Crippen LogP contribution is 2.37. The van der Waals surface area contributed by atoms with E-state index < -0.39 is 12.4 Å². The van der Waals surface area contributed by atoms with Crippen molar-refractivity contribution in [1.82, 2.24) is 25.6 Å². The molecular weight excluding hydrogens is 477 g/mol. The summed E-state index contributed by atoms with van der Waals surface area (Å²) in [6, 6.07) is 4.30. The Kier molecular flexibility index (Phi) is 7.10. The van der Waals surface area contributed by atoms with Gasteiger partial charge in [-0.25, -0.2) is 14.4 Å². The number of aliphatic hydroxyl groups excluding tert-OH is 1. The predicted octanol–water partition coefficient (Wildman–Crippen LogP) is 3.26. The average Bonchev–Trinajstić information content (AvgIpc) is 3.64. The third-order valence-electron chi connectivity index (χ3n) is 7.36. The minimum absolute atomic E-state index is 0.0180. The Morgan fingerprint density at radius 3 is 2.73 bits per heavy atom. The zero-order chi connectivity index (χ0) is 26.1. The Hall–Kier alpha value is -3.53. The molecule has 3 aromatic rings. The predicted molar refractivity (Wildman–Crippen MR) is 136 cm³/mol. The van der Waals surface area contributed by atoms with E-state index >= 15 is 0 Å². The van der Waals surface area contributed by atoms with Gasteiger partial charge in [-0.05, 0) is 69.1 Å². The van der Waals surface area contributed by atoms with Gasteiger partial charge in [-0.2, -0.15) is 0 Å². The molecule has 9 nitrogen and oxygen atoms in total. The topological polar surface area (TPSA) is 129 Å². The lowest BCUT2D eigenvalue weighted by molar-refractivity contribution is -0.124. The van der Waals surface area contributed by atoms with Crippen LogP contribution in [-0.2, 0) is 4.79 Å². The van der Waals surface area contributed by atoms with E-state index in [-0.39, 0.29) is 29.8 Å². The number of nitrogens with one attached hydrogen (secondary N) is 3. The van der Waals surface area contributed by atoms with Gasteiger partial charge in [-0.15, -0.1) is 0 Å². The number of carbonyl (C=O) groups excluding carboxylic acids is 2. The summed E-state index contributed by atoms with van der Waals surface area (Å²) in [7, 11) is 0. The van der Waals surface area contributed by atoms with E-state index in [1.54, 1.807) is 13.0 Å². The van der Waals surface area contributed by atoms with Gasteiger partial charge in [0.1, 0.15) is 35.7 Å². The fourth-order valence-electron chi connectivity index (χ4n) is 5.16. The average molecular weight is 510 g/mol. The van der Waals surface area contributed by atoms with Crippen LogP contribution in [0.2, 0.25) is 0 Å². The van der Waals surface area contributed by atoms with E-state index in [4.69, 9.17) is 9.84 Å². The van der Waals surface area contributed by atoms with Crippen LogP contribution in [0.5, 0.6) is 5.75 Å². The number of hydrogen-bond donors (Lipinski definition) is 4. The molecule has 1 aromatic carbocycles. The van der Waals surface area contributed by atoms with Crippen molar-refractivity contribution in [2.24, 2.45) is 11.8 Å². The molecule has 0 saturated heterocycles. The quantitative estimate of drug-likeness (QED) is 0.369. The number of aromatic nitrogens is 3. The monoisotopic (exact) mass is 509 g/mol. The van der Waals surface area contributed by atoms with E-state index in [1.165, 1.54) is 18.5 Å². The first kappa shape index (κ1) is 25.1. The number of aliphatic hydroxyl groups is 1. The molecule has 0 bridgehead atoms. The Morgan fingerprint density at radius 2 is 2.00 bits per heavy atom. The number of H-pyrrole nitrogens is 1. The highest BCUT2D eigenvalue weighted by atomic mass is 19.1. The van der Waals surface area contributed by atoms with Crippen LogP contribution < -0.4 is 15.4 Å². The summed E-state index contributed by atoms with van der Waals surface area (Å²) >= 11 is 0. The van der Waals surface area contributed by atoms with Gasteiger partial charge in [0.15, 0.2) is 0 Å². The molecule has 0 unspecified atom stereocenters. The molecular formula is C27H32FN5O4. The molecule has 2 aliphatic carbocycles. The number of benzene rings is 1. The number of ether oxygens (including phenoxy) is 1. The molecule has 2 aliphatic rings. The van der Waals surface area contributed by atoms with E-state index in [1.807, 2.05) is 6.92 Å². The SMILES string of the molecule is Cc1[nH]c2c(-c3cc(F)ccc3OCC3CC3)ncnc2c1C(=O)N[C@@H]1CC[C@@H](NC(=O)CO)C[C@H]1C. The maximum absolute atomic E-state index is 14.3. The fourth-order valence-corrected chi connectivity index (χ4v) is 5.16. The first-order valence-corrected chi connectivity index (χ1v) is 12.8. The summed E-state index contributed by atoms with van der Waals surface area (Å²) in [4.78, 5) is 37.0. The second-order valence-corrected chi connectivity index (χ2v) is 10.3. The number of aromatic amines is 1. The summed E-state index contributed by atoms with van der Waals surface area (Å²) in [6.07, 6.45) is 5.79. The third-order valence-corrected chi connectivity index (χ3v) is 7.36. The lowest BCUT2D eigenvalue weighted by Gasteiger charge is -2.35. The van der Waals surface area contributed by atoms with Crippen molar-refractivity contribution >= 4 is 22.8 Å². The number of nitrogens with zero attached hydrogens (tertiary/aromatic N) is 2. The lowest BCUT2D eigenvalue weighted by atomic mass is 9.82. The summed E-state index contributed by atoms with van der Waals surface area (Å²) in [5.74, 6) is 0.189. The van der Waals surface area contributed by atoms with E-state index in [9.17, 15) is 14.0 Å². The molecule has 196 valence electrons. The van der Waals surface area contributed by atoms with Gasteiger partial charge < -0.3 is 25.5 Å². The van der Waals surface area contributed by atoms with E-state index in [0.29, 0.717) is 71.1 Å². The summed E-state index contributed by atoms with van der Waals surface area (Å²) in [5, 5.41) is 15.0. The van der Waals surface area contributed by atoms with Gasteiger partial charge in [0.2, 0.25) is 5.91 Å². The fraction of sp³-hybridized carbons (Fsp3) is 0.481. The van der Waals surface area contributed by atoms with Crippen molar-refractivity contribution in [1.29, 1.82) is 0 Å². The van der Waals surface area contributed by atoms with Crippen molar-refractivity contribution in [2.45, 2.75) is 58.0 Å². The second-order valence-electron chi connectivity index (χ2n) is 10.3. The second kappa shape index (κ2) is 10.5. The van der Waals surface area contributed by atoms with Gasteiger partial charge in [0, 0.05) is 23.3 Å². The smallest absolute Gasteiger partial charge is 0.255 e. The van der Waals surface area contributed by atoms with Crippen molar-refractivity contribution in [3.63, 3.8) is 0 Å². The van der Waals surface area contributed by atoms with Crippen LogP contribution >= 0.6 is 0 Å². The molecule has 2 fully saturated rings. The number of fused-ring (bicyclic) bond motifs is 1. The van der Waals surface area contributed by atoms with Crippen molar-refractivity contribution in [3.8, 4) is 17.0 Å². The normalized spacial score (nSPS) is 21.6. The standard InChI is InChI=1S/C27H32FN5O4/c1-14-9-18(32-22(35)11-34)6-7-20(14)33-27(36)23-15(2)31-26-24(29-13-30-25(23)26)19-10-17(28)5-8-21(19)37-12-16-3-4-16/h5,8,10,13-14,16,18,20,31,34H,3-4,6-7,9,11-12H2,1-2H3,(H,32,35)(H,33,36)/t14-,18-,20-/m1/s1. The maximum atomic E-state index is 14.3. The lowest BCUT2D eigenvalue weighted by Crippen LogP contribution is -2.48. The number of carbonyl (C=O) groups is 2. The van der Waals surface area contributed by atoms with Crippen LogP contribution in [0.4, 0.5) is 4.39 Å². The van der Waals surface area contributed by atoms with Gasteiger partial charge in [-0.1, -0.05) is 6.92 Å². The first-order chi connectivity index (χ1) is 17.8. The van der Waals surface area contributed by atoms with Crippen LogP contribution in [-0.4, -0.2) is 57.2 Å². The highest BCUT2D eigenvalue weighted by molar-refractivity contribution is 6.09. The maximum Gasteiger partial charge on any atom is 0.255 e. The van der Waals surface area contributed by atoms with Gasteiger partial charge in [0.25, 0.3) is 5.91 Å². The minimum Gasteiger partial charge on any atom is -0.493 e. The minimum atomic E-state index is -0.529. The molecule has 37 heavy (non-hydrogen) atoms. The van der Waals surface area contributed by atoms with Crippen LogP contribution in [0.15, 0.2) is 24.5 Å². The molecule has 2 heterocycles. The van der Waals surface area contributed by atoms with Crippen LogP contribution in [0.3, 0.4) is 0 Å². The first-order valence-electron chi connectivity index (χ1n) is 12.8. The number of hydrogen-bond acceptors (Lipinski definition) is 6. The summed E-state index contributed by atoms with van der Waals surface area (Å²) in [6.45, 7) is 3.89. The molecule has 0 spiro atoms. The van der Waals surface area contributed by atoms with Gasteiger partial charge in [-0.3, -0.25) is 9.59 Å². The molecule has 2 saturated carbocycles. The van der Waals surface area contributed by atoms with Crippen LogP contribution in [0.25, 0.3) is 22.3 Å². The molecule has 0 radical (unpaired) electrons. The van der Waals surface area contributed by atoms with Crippen LogP contribution in [0, 0.1) is 24.6 Å². The zero-order valence-electron chi connectivity index (χ0n) is 21.0. The van der Waals surface area contributed by atoms with Crippen LogP contribution in [0.1, 0.15) is 55.1 Å². The summed E-state index contributed by atoms with van der Waals surface area (Å²) in [5.41, 5.74) is 3.08. The largest absolute Gasteiger partial charge is 0.493 e. The molecule has 3 atom stereocenters. The Labute approximate surface area is 214 Å². The summed E-state index contributed by atoms with van der Waals surface area (Å²) < 4.78 is 20.3. The zero-order valence-corrected chi connectivity index (χ0v) is 21.0. The molecule has 2 aromatic heterocycles. The third kappa shape index (κ3) is 5.44. The highest BCUT2D eigenvalue weighted by Gasteiger charge is 2.31. The van der Waals surface area contributed by atoms with Crippen molar-refractivity contribution in [2.75, 3.05) is 13.2 Å². The number of rotatable bonds is 8. The molecule has 5 rings (SSSR count). The van der Waals surface area contributed by atoms with Gasteiger partial charge >= 0.3 is 0 Å². The Morgan fingerprint density at radius 1 is 1.19 bits per heavy atom. The van der Waals surface area contributed by atoms with E-state index in [0.717, 1.165) is 12.8 Å². The Bertz CT molecular complexity index is 1320. The molecule has 0 aliphatic heterocycles. The van der Waals surface area contributed by atoms with E-state index in [2.05, 4.69) is 25.6 Å². The number of halogens is 1. The molecule has 10 heteroatoms. The number of aryl methyl sites for hydroxylation is 1. The Balaban J connectivity index is 1.39. The molecule has 2 amide bonds.